The fourth-order valence-corrected chi connectivity index (χ4v) is 3.96. The van der Waals surface area contributed by atoms with Crippen molar-refractivity contribution in [2.24, 2.45) is 0 Å². The molecule has 0 spiro atoms. The number of nitrogens with zero attached hydrogens (tertiary/aromatic N) is 4. The topological polar surface area (TPSA) is 96.6 Å². The lowest BCUT2D eigenvalue weighted by atomic mass is 10.1. The summed E-state index contributed by atoms with van der Waals surface area (Å²) in [5, 5.41) is 3.13. The Labute approximate surface area is 198 Å². The molecule has 1 aliphatic heterocycles. The zero-order valence-electron chi connectivity index (χ0n) is 19.4. The van der Waals surface area contributed by atoms with E-state index in [1.54, 1.807) is 17.0 Å². The lowest BCUT2D eigenvalue weighted by Gasteiger charge is -2.22. The number of anilines is 2. The van der Waals surface area contributed by atoms with Crippen molar-refractivity contribution in [2.75, 3.05) is 44.4 Å². The summed E-state index contributed by atoms with van der Waals surface area (Å²) >= 11 is 0. The Hall–Kier alpha value is -3.72. The number of nitrogen functional groups attached to an aromatic ring is 1. The smallest absolute Gasteiger partial charge is 0.259 e. The summed E-state index contributed by atoms with van der Waals surface area (Å²) in [5.41, 5.74) is 7.49. The number of rotatable bonds is 8. The zero-order valence-corrected chi connectivity index (χ0v) is 19.4. The lowest BCUT2D eigenvalue weighted by Crippen LogP contribution is -2.33. The Bertz CT molecular complexity index is 1140. The van der Waals surface area contributed by atoms with Crippen LogP contribution in [0.1, 0.15) is 34.0 Å². The van der Waals surface area contributed by atoms with E-state index in [9.17, 15) is 4.79 Å². The molecule has 1 aromatic heterocycles. The number of likely N-dealkylation sites (N-methyl/N-ethyl adjacent to an activating group) is 1. The van der Waals surface area contributed by atoms with Crippen molar-refractivity contribution >= 4 is 17.7 Å². The molecule has 2 aromatic carbocycles. The summed E-state index contributed by atoms with van der Waals surface area (Å²) in [6.07, 6.45) is 1.97. The number of hydrogen-bond acceptors (Lipinski definition) is 7. The second-order valence-corrected chi connectivity index (χ2v) is 8.28. The van der Waals surface area contributed by atoms with Gasteiger partial charge in [0, 0.05) is 50.9 Å². The molecular weight excluding hydrogens is 435 g/mol. The molecule has 1 amide bonds. The highest BCUT2D eigenvalue weighted by Crippen LogP contribution is 2.28. The van der Waals surface area contributed by atoms with Gasteiger partial charge in [0.1, 0.15) is 29.1 Å². The van der Waals surface area contributed by atoms with E-state index < -0.39 is 5.82 Å². The third-order valence-corrected chi connectivity index (χ3v) is 5.86. The second kappa shape index (κ2) is 10.5. The highest BCUT2D eigenvalue weighted by molar-refractivity contribution is 5.99. The molecule has 3 aromatic rings. The van der Waals surface area contributed by atoms with Crippen LogP contribution in [0.25, 0.3) is 0 Å². The molecule has 0 radical (unpaired) electrons. The predicted molar refractivity (Wildman–Crippen MR) is 129 cm³/mol. The van der Waals surface area contributed by atoms with Crippen LogP contribution in [0.3, 0.4) is 0 Å². The number of carbonyl (C=O) groups is 1. The van der Waals surface area contributed by atoms with Gasteiger partial charge in [-0.05, 0) is 25.2 Å². The highest BCUT2D eigenvalue weighted by atomic mass is 19.1. The molecule has 8 nitrogen and oxygen atoms in total. The first-order valence-electron chi connectivity index (χ1n) is 11.2. The lowest BCUT2D eigenvalue weighted by molar-refractivity contribution is 0.0753. The third-order valence-electron chi connectivity index (χ3n) is 5.86. The number of benzene rings is 2. The molecule has 0 saturated carbocycles. The van der Waals surface area contributed by atoms with Crippen LogP contribution in [0.2, 0.25) is 0 Å². The van der Waals surface area contributed by atoms with Gasteiger partial charge in [-0.2, -0.15) is 4.98 Å². The van der Waals surface area contributed by atoms with Crippen LogP contribution in [0.4, 0.5) is 16.2 Å². The molecule has 1 aliphatic rings. The fourth-order valence-electron chi connectivity index (χ4n) is 3.96. The van der Waals surface area contributed by atoms with Gasteiger partial charge in [-0.25, -0.2) is 9.37 Å². The zero-order chi connectivity index (χ0) is 24.1. The van der Waals surface area contributed by atoms with Crippen molar-refractivity contribution in [1.82, 2.24) is 20.2 Å². The summed E-state index contributed by atoms with van der Waals surface area (Å²) in [7, 11) is 3.73. The summed E-state index contributed by atoms with van der Waals surface area (Å²) < 4.78 is 21.2. The highest BCUT2D eigenvalue weighted by Gasteiger charge is 2.27. The number of hydrogen-bond donors (Lipinski definition) is 2. The third kappa shape index (κ3) is 5.26. The van der Waals surface area contributed by atoms with E-state index in [0.29, 0.717) is 35.8 Å². The van der Waals surface area contributed by atoms with Crippen LogP contribution in [0.5, 0.6) is 5.75 Å². The average Bonchev–Trinajstić information content (AvgIpc) is 2.95. The number of aromatic nitrogens is 2. The van der Waals surface area contributed by atoms with Gasteiger partial charge in [-0.1, -0.05) is 36.4 Å². The normalized spacial score (nSPS) is 14.5. The van der Waals surface area contributed by atoms with Gasteiger partial charge in [0.15, 0.2) is 0 Å². The number of halogens is 1. The van der Waals surface area contributed by atoms with Gasteiger partial charge in [0.05, 0.1) is 0 Å². The number of fused-ring (bicyclic) bond motifs is 1. The summed E-state index contributed by atoms with van der Waals surface area (Å²) in [6, 6.07) is 14.7. The van der Waals surface area contributed by atoms with E-state index in [4.69, 9.17) is 10.5 Å². The van der Waals surface area contributed by atoms with Gasteiger partial charge in [0.2, 0.25) is 5.95 Å². The first kappa shape index (κ1) is 23.4. The van der Waals surface area contributed by atoms with E-state index in [1.807, 2.05) is 49.3 Å². The van der Waals surface area contributed by atoms with Crippen molar-refractivity contribution in [3.05, 3.63) is 77.2 Å². The molecular formula is C25H29FN6O2. The largest absolute Gasteiger partial charge is 0.486 e. The molecule has 4 rings (SSSR count). The molecule has 0 unspecified atom stereocenters. The molecule has 0 saturated heterocycles. The number of ether oxygens (including phenoxy) is 1. The van der Waals surface area contributed by atoms with Gasteiger partial charge in [-0.15, -0.1) is 0 Å². The Kier molecular flexibility index (Phi) is 7.22. The van der Waals surface area contributed by atoms with Crippen molar-refractivity contribution in [2.45, 2.75) is 19.1 Å². The van der Waals surface area contributed by atoms with Gasteiger partial charge >= 0.3 is 0 Å². The average molecular weight is 465 g/mol. The Morgan fingerprint density at radius 1 is 1.21 bits per heavy atom. The molecule has 1 atom stereocenters. The van der Waals surface area contributed by atoms with Gasteiger partial charge in [-0.3, -0.25) is 4.79 Å². The van der Waals surface area contributed by atoms with Gasteiger partial charge < -0.3 is 25.6 Å². The van der Waals surface area contributed by atoms with Crippen molar-refractivity contribution in [3.63, 3.8) is 0 Å². The molecule has 0 bridgehead atoms. The number of carbonyl (C=O) groups excluding carboxylic acids is 1. The molecule has 3 N–H and O–H groups in total. The van der Waals surface area contributed by atoms with Crippen LogP contribution in [0.15, 0.2) is 54.7 Å². The van der Waals surface area contributed by atoms with Crippen LogP contribution in [0, 0.1) is 5.82 Å². The minimum atomic E-state index is -0.419. The first-order valence-corrected chi connectivity index (χ1v) is 11.2. The van der Waals surface area contributed by atoms with Crippen LogP contribution >= 0.6 is 0 Å². The maximum Gasteiger partial charge on any atom is 0.259 e. The predicted octanol–water partition coefficient (Wildman–Crippen LogP) is 3.02. The van der Waals surface area contributed by atoms with Crippen molar-refractivity contribution < 1.29 is 13.9 Å². The maximum absolute atomic E-state index is 15.1. The second-order valence-electron chi connectivity index (χ2n) is 8.28. The molecule has 178 valence electrons. The maximum atomic E-state index is 15.1. The quantitative estimate of drug-likeness (QED) is 0.529. The van der Waals surface area contributed by atoms with Crippen molar-refractivity contribution in [1.29, 1.82) is 0 Å². The Morgan fingerprint density at radius 3 is 2.74 bits per heavy atom. The molecule has 2 heterocycles. The summed E-state index contributed by atoms with van der Waals surface area (Å²) in [6.45, 7) is 1.86. The number of amides is 1. The van der Waals surface area contributed by atoms with Crippen LogP contribution in [-0.4, -0.2) is 54.5 Å². The monoisotopic (exact) mass is 464 g/mol. The Morgan fingerprint density at radius 2 is 2.00 bits per heavy atom. The van der Waals surface area contributed by atoms with Crippen molar-refractivity contribution in [3.8, 4) is 5.75 Å². The minimum Gasteiger partial charge on any atom is -0.486 e. The number of nitrogens with one attached hydrogen (secondary N) is 1. The van der Waals surface area contributed by atoms with E-state index in [1.165, 1.54) is 12.3 Å². The Balaban J connectivity index is 1.51. The standard InChI is InChI=1S/C25H29FN6O2/c1-28-11-10-22(17-6-4-3-5-7-17)34-19-9-8-18(21(26)14-19)16-32-13-12-31(2)23-20(24(32)33)15-29-25(27)30-23/h3-9,14-15,22,28H,10-13,16H2,1-2H3,(H2,27,29,30)/t22-/m0/s1. The molecule has 0 aliphatic carbocycles. The van der Waals surface area contributed by atoms with Gasteiger partial charge in [0.25, 0.3) is 5.91 Å². The first-order chi connectivity index (χ1) is 16.5. The fraction of sp³-hybridized carbons (Fsp3) is 0.320. The van der Waals surface area contributed by atoms with E-state index in [0.717, 1.165) is 18.5 Å². The number of nitrogens with two attached hydrogens (primary N) is 1. The van der Waals surface area contributed by atoms with E-state index >= 15 is 4.39 Å². The van der Waals surface area contributed by atoms with E-state index in [2.05, 4.69) is 15.3 Å². The summed E-state index contributed by atoms with van der Waals surface area (Å²) in [4.78, 5) is 24.7. The van der Waals surface area contributed by atoms with E-state index in [-0.39, 0.29) is 24.5 Å². The molecule has 0 fully saturated rings. The van der Waals surface area contributed by atoms with Crippen LogP contribution in [-0.2, 0) is 6.54 Å². The minimum absolute atomic E-state index is 0.108. The summed E-state index contributed by atoms with van der Waals surface area (Å²) in [5.74, 6) is 0.365. The SMILES string of the molecule is CNCC[C@H](Oc1ccc(CN2CCN(C)c3nc(N)ncc3C2=O)c(F)c1)c1ccccc1. The van der Waals surface area contributed by atoms with Crippen LogP contribution < -0.4 is 20.7 Å². The molecule has 34 heavy (non-hydrogen) atoms. The molecule has 9 heteroatoms.